The highest BCUT2D eigenvalue weighted by Gasteiger charge is 2.27. The molecule has 6 nitrogen and oxygen atoms in total. The van der Waals surface area contributed by atoms with Crippen molar-refractivity contribution in [3.63, 3.8) is 0 Å². The van der Waals surface area contributed by atoms with Crippen molar-refractivity contribution in [3.05, 3.63) is 42.0 Å². The molecule has 6 heteroatoms. The van der Waals surface area contributed by atoms with Crippen molar-refractivity contribution in [2.75, 3.05) is 31.7 Å². The normalized spacial score (nSPS) is 21.8. The molecule has 1 N–H and O–H groups in total. The number of carbonyl (C=O) groups excluding carboxylic acids is 2. The molecule has 2 aliphatic heterocycles. The minimum Gasteiger partial charge on any atom is -0.394 e. The number of β-lactam (4-membered cyclic amide) rings is 1. The SMILES string of the molecule is CO[C@H](c1ccc(N2CCC2=O)cc1)[C@H](C)/C=C/CC(=O)N1CCC[C@H]1CO. The number of carbonyl (C=O) groups is 2. The summed E-state index contributed by atoms with van der Waals surface area (Å²) in [6, 6.07) is 7.89. The maximum absolute atomic E-state index is 12.4. The van der Waals surface area contributed by atoms with Gasteiger partial charge in [-0.1, -0.05) is 31.2 Å². The highest BCUT2D eigenvalue weighted by Crippen LogP contribution is 2.30. The van der Waals surface area contributed by atoms with Crippen LogP contribution in [-0.2, 0) is 14.3 Å². The van der Waals surface area contributed by atoms with Crippen LogP contribution in [0.15, 0.2) is 36.4 Å². The molecule has 2 aliphatic rings. The van der Waals surface area contributed by atoms with Gasteiger partial charge in [0.1, 0.15) is 0 Å². The fourth-order valence-electron chi connectivity index (χ4n) is 4.04. The van der Waals surface area contributed by atoms with E-state index in [-0.39, 0.29) is 36.5 Å². The fourth-order valence-corrected chi connectivity index (χ4v) is 4.04. The number of likely N-dealkylation sites (tertiary alicyclic amines) is 1. The van der Waals surface area contributed by atoms with Crippen molar-refractivity contribution in [1.29, 1.82) is 0 Å². The molecular weight excluding hydrogens is 356 g/mol. The number of aliphatic hydroxyl groups is 1. The molecule has 2 saturated heterocycles. The average molecular weight is 386 g/mol. The number of anilines is 1. The van der Waals surface area contributed by atoms with Gasteiger partial charge in [0, 0.05) is 44.6 Å². The molecular formula is C22H30N2O4. The summed E-state index contributed by atoms with van der Waals surface area (Å²) in [6.45, 7) is 3.62. The van der Waals surface area contributed by atoms with Crippen LogP contribution in [-0.4, -0.2) is 54.7 Å². The first-order chi connectivity index (χ1) is 13.5. The van der Waals surface area contributed by atoms with Gasteiger partial charge < -0.3 is 19.6 Å². The third-order valence-electron chi connectivity index (χ3n) is 5.76. The van der Waals surface area contributed by atoms with Crippen molar-refractivity contribution in [2.45, 2.75) is 44.8 Å². The van der Waals surface area contributed by atoms with Crippen LogP contribution >= 0.6 is 0 Å². The Bertz CT molecular complexity index is 716. The Morgan fingerprint density at radius 2 is 2.07 bits per heavy atom. The first kappa shape index (κ1) is 20.6. The van der Waals surface area contributed by atoms with Crippen molar-refractivity contribution < 1.29 is 19.4 Å². The minimum atomic E-state index is -0.121. The molecule has 1 aromatic carbocycles. The number of nitrogens with zero attached hydrogens (tertiary/aromatic N) is 2. The topological polar surface area (TPSA) is 70.1 Å². The predicted octanol–water partition coefficient (Wildman–Crippen LogP) is 2.68. The van der Waals surface area contributed by atoms with Crippen LogP contribution in [0.4, 0.5) is 5.69 Å². The van der Waals surface area contributed by atoms with Gasteiger partial charge in [-0.3, -0.25) is 9.59 Å². The number of hydrogen-bond donors (Lipinski definition) is 1. The quantitative estimate of drug-likeness (QED) is 0.551. The lowest BCUT2D eigenvalue weighted by Gasteiger charge is -2.31. The van der Waals surface area contributed by atoms with E-state index >= 15 is 0 Å². The maximum atomic E-state index is 12.4. The molecule has 28 heavy (non-hydrogen) atoms. The van der Waals surface area contributed by atoms with Gasteiger partial charge in [-0.25, -0.2) is 0 Å². The van der Waals surface area contributed by atoms with Crippen LogP contribution in [0.5, 0.6) is 0 Å². The summed E-state index contributed by atoms with van der Waals surface area (Å²) < 4.78 is 5.69. The third-order valence-corrected chi connectivity index (χ3v) is 5.76. The van der Waals surface area contributed by atoms with Crippen LogP contribution in [0, 0.1) is 5.92 Å². The van der Waals surface area contributed by atoms with Crippen LogP contribution in [0.25, 0.3) is 0 Å². The number of benzene rings is 1. The lowest BCUT2D eigenvalue weighted by molar-refractivity contribution is -0.131. The Hall–Kier alpha value is -2.18. The number of methoxy groups -OCH3 is 1. The molecule has 2 heterocycles. The van der Waals surface area contributed by atoms with E-state index in [1.54, 1.807) is 16.9 Å². The van der Waals surface area contributed by atoms with E-state index < -0.39 is 0 Å². The summed E-state index contributed by atoms with van der Waals surface area (Å²) in [5.41, 5.74) is 1.97. The van der Waals surface area contributed by atoms with Gasteiger partial charge >= 0.3 is 0 Å². The third kappa shape index (κ3) is 4.45. The van der Waals surface area contributed by atoms with Gasteiger partial charge in [0.05, 0.1) is 18.8 Å². The van der Waals surface area contributed by atoms with Gasteiger partial charge in [0.15, 0.2) is 0 Å². The zero-order valence-electron chi connectivity index (χ0n) is 16.7. The van der Waals surface area contributed by atoms with E-state index in [2.05, 4.69) is 6.92 Å². The maximum Gasteiger partial charge on any atom is 0.228 e. The molecule has 0 aliphatic carbocycles. The monoisotopic (exact) mass is 386 g/mol. The van der Waals surface area contributed by atoms with E-state index in [1.165, 1.54) is 0 Å². The Morgan fingerprint density at radius 1 is 1.32 bits per heavy atom. The summed E-state index contributed by atoms with van der Waals surface area (Å²) in [6.07, 6.45) is 6.60. The number of amides is 2. The van der Waals surface area contributed by atoms with Crippen LogP contribution in [0.2, 0.25) is 0 Å². The van der Waals surface area contributed by atoms with Crippen molar-refractivity contribution >= 4 is 17.5 Å². The second-order valence-electron chi connectivity index (χ2n) is 7.60. The molecule has 2 fully saturated rings. The summed E-state index contributed by atoms with van der Waals surface area (Å²) in [4.78, 5) is 27.5. The highest BCUT2D eigenvalue weighted by molar-refractivity contribution is 5.99. The molecule has 2 amide bonds. The molecule has 0 saturated carbocycles. The largest absolute Gasteiger partial charge is 0.394 e. The van der Waals surface area contributed by atoms with Crippen molar-refractivity contribution in [3.8, 4) is 0 Å². The molecule has 0 aromatic heterocycles. The molecule has 3 rings (SSSR count). The lowest BCUT2D eigenvalue weighted by Crippen LogP contribution is -2.43. The summed E-state index contributed by atoms with van der Waals surface area (Å²) in [7, 11) is 1.68. The van der Waals surface area contributed by atoms with Gasteiger partial charge in [0.25, 0.3) is 0 Å². The summed E-state index contributed by atoms with van der Waals surface area (Å²) in [5.74, 6) is 0.331. The van der Waals surface area contributed by atoms with Crippen molar-refractivity contribution in [1.82, 2.24) is 4.90 Å². The average Bonchev–Trinajstić information content (AvgIpc) is 3.17. The first-order valence-electron chi connectivity index (χ1n) is 10.0. The number of aliphatic hydroxyl groups excluding tert-OH is 1. The molecule has 0 unspecified atom stereocenters. The molecule has 0 spiro atoms. The standard InChI is InChI=1S/C22H30N2O4/c1-16(5-3-7-20(26)23-13-4-6-19(23)15-25)22(28-2)17-8-10-18(11-9-17)24-14-12-21(24)27/h3,5,8-11,16,19,22,25H,4,6-7,12-15H2,1-2H3/b5-3+/t16-,19+,22+/m1/s1. The second kappa shape index (κ2) is 9.34. The Labute approximate surface area is 166 Å². The van der Waals surface area contributed by atoms with E-state index in [4.69, 9.17) is 4.74 Å². The number of rotatable bonds is 8. The van der Waals surface area contributed by atoms with Crippen molar-refractivity contribution in [2.24, 2.45) is 5.92 Å². The molecule has 152 valence electrons. The smallest absolute Gasteiger partial charge is 0.228 e. The van der Waals surface area contributed by atoms with Crippen LogP contribution < -0.4 is 4.90 Å². The zero-order valence-corrected chi connectivity index (χ0v) is 16.7. The van der Waals surface area contributed by atoms with E-state index in [0.717, 1.165) is 37.2 Å². The Balaban J connectivity index is 1.57. The minimum absolute atomic E-state index is 0.0261. The van der Waals surface area contributed by atoms with Crippen LogP contribution in [0.1, 0.15) is 44.3 Å². The van der Waals surface area contributed by atoms with Crippen LogP contribution in [0.3, 0.4) is 0 Å². The molecule has 1 aromatic rings. The molecule has 3 atom stereocenters. The molecule has 0 radical (unpaired) electrons. The van der Waals surface area contributed by atoms with E-state index in [1.807, 2.05) is 36.4 Å². The summed E-state index contributed by atoms with van der Waals surface area (Å²) in [5, 5.41) is 9.37. The number of ether oxygens (including phenoxy) is 1. The first-order valence-corrected chi connectivity index (χ1v) is 10.0. The zero-order chi connectivity index (χ0) is 20.1. The molecule has 0 bridgehead atoms. The van der Waals surface area contributed by atoms with E-state index in [9.17, 15) is 14.7 Å². The van der Waals surface area contributed by atoms with Gasteiger partial charge in [-0.15, -0.1) is 0 Å². The number of hydrogen-bond acceptors (Lipinski definition) is 4. The Kier molecular flexibility index (Phi) is 6.86. The van der Waals surface area contributed by atoms with Gasteiger partial charge in [-0.05, 0) is 30.5 Å². The second-order valence-corrected chi connectivity index (χ2v) is 7.60. The highest BCUT2D eigenvalue weighted by atomic mass is 16.5. The lowest BCUT2D eigenvalue weighted by atomic mass is 9.96. The van der Waals surface area contributed by atoms with Gasteiger partial charge in [-0.2, -0.15) is 0 Å². The van der Waals surface area contributed by atoms with Gasteiger partial charge in [0.2, 0.25) is 11.8 Å². The Morgan fingerprint density at radius 3 is 2.64 bits per heavy atom. The summed E-state index contributed by atoms with van der Waals surface area (Å²) >= 11 is 0. The fraction of sp³-hybridized carbons (Fsp3) is 0.545. The predicted molar refractivity (Wildman–Crippen MR) is 108 cm³/mol. The van der Waals surface area contributed by atoms with E-state index in [0.29, 0.717) is 12.8 Å².